The van der Waals surface area contributed by atoms with E-state index < -0.39 is 0 Å². The summed E-state index contributed by atoms with van der Waals surface area (Å²) in [5.74, 6) is 1.77. The number of aryl methyl sites for hydroxylation is 2. The summed E-state index contributed by atoms with van der Waals surface area (Å²) >= 11 is 1.48. The van der Waals surface area contributed by atoms with Gasteiger partial charge in [-0.05, 0) is 50.6 Å². The molecule has 1 N–H and O–H groups in total. The van der Waals surface area contributed by atoms with Gasteiger partial charge in [-0.2, -0.15) is 5.10 Å². The van der Waals surface area contributed by atoms with Crippen LogP contribution in [0.4, 0.5) is 5.82 Å². The molecule has 0 aliphatic rings. The molecule has 31 heavy (non-hydrogen) atoms. The summed E-state index contributed by atoms with van der Waals surface area (Å²) in [5, 5.41) is 12.0. The van der Waals surface area contributed by atoms with Crippen LogP contribution < -0.4 is 5.32 Å². The second-order valence-corrected chi connectivity index (χ2v) is 7.98. The lowest BCUT2D eigenvalue weighted by molar-refractivity contribution is 0.102. The van der Waals surface area contributed by atoms with Crippen molar-refractivity contribution in [3.05, 3.63) is 83.3 Å². The Bertz CT molecular complexity index is 1170. The van der Waals surface area contributed by atoms with Gasteiger partial charge in [-0.1, -0.05) is 5.16 Å². The first-order valence-electron chi connectivity index (χ1n) is 9.79. The fraction of sp³-hybridized carbons (Fsp3) is 0.227. The molecule has 1 amide bonds. The van der Waals surface area contributed by atoms with Gasteiger partial charge in [-0.3, -0.25) is 9.78 Å². The van der Waals surface area contributed by atoms with Gasteiger partial charge in [-0.15, -0.1) is 11.8 Å². The van der Waals surface area contributed by atoms with E-state index in [0.717, 1.165) is 22.6 Å². The topological polar surface area (TPSA) is 98.7 Å². The molecule has 0 radical (unpaired) electrons. The Hall–Kier alpha value is -3.46. The van der Waals surface area contributed by atoms with Crippen molar-refractivity contribution in [3.63, 3.8) is 0 Å². The van der Waals surface area contributed by atoms with Crippen molar-refractivity contribution >= 4 is 23.5 Å². The Morgan fingerprint density at radius 2 is 1.97 bits per heavy atom. The zero-order valence-electron chi connectivity index (χ0n) is 17.4. The molecular weight excluding hydrogens is 412 g/mol. The lowest BCUT2D eigenvalue weighted by Crippen LogP contribution is -2.19. The van der Waals surface area contributed by atoms with Crippen LogP contribution in [0.15, 0.2) is 64.7 Å². The number of aromatic nitrogens is 5. The number of nitrogens with zero attached hydrogens (tertiary/aromatic N) is 5. The number of pyridine rings is 2. The maximum atomic E-state index is 13.1. The molecular formula is C22H22N6O2S. The number of rotatable bonds is 7. The number of nitrogens with one attached hydrogen (secondary N) is 1. The third-order valence-electron chi connectivity index (χ3n) is 5.02. The number of thioether (sulfide) groups is 1. The molecule has 158 valence electrons. The minimum Gasteiger partial charge on any atom is -0.361 e. The lowest BCUT2D eigenvalue weighted by atomic mass is 10.1. The van der Waals surface area contributed by atoms with E-state index in [1.165, 1.54) is 11.8 Å². The highest BCUT2D eigenvalue weighted by atomic mass is 32.2. The standard InChI is InChI=1S/C22H22N6O2S/c1-14-19(16(3)30-27-14)13-31-22-18(5-4-9-24-22)21(29)26-20-8-12-25-28(20)15(2)17-6-10-23-11-7-17/h4-12,15H,13H2,1-3H3,(H,26,29). The van der Waals surface area contributed by atoms with Crippen LogP contribution in [0, 0.1) is 13.8 Å². The molecule has 4 aromatic heterocycles. The van der Waals surface area contributed by atoms with Gasteiger partial charge in [0.05, 0.1) is 23.5 Å². The van der Waals surface area contributed by atoms with E-state index in [1.54, 1.807) is 47.7 Å². The average Bonchev–Trinajstić information content (AvgIpc) is 3.38. The molecule has 0 aliphatic carbocycles. The predicted molar refractivity (Wildman–Crippen MR) is 118 cm³/mol. The van der Waals surface area contributed by atoms with Crippen LogP contribution >= 0.6 is 11.8 Å². The van der Waals surface area contributed by atoms with Gasteiger partial charge in [0.2, 0.25) is 0 Å². The summed E-state index contributed by atoms with van der Waals surface area (Å²) in [6.45, 7) is 5.81. The number of anilines is 1. The van der Waals surface area contributed by atoms with Crippen LogP contribution in [-0.4, -0.2) is 30.8 Å². The molecule has 8 nitrogen and oxygen atoms in total. The molecule has 0 bridgehead atoms. The Morgan fingerprint density at radius 3 is 2.71 bits per heavy atom. The first-order valence-corrected chi connectivity index (χ1v) is 10.8. The van der Waals surface area contributed by atoms with E-state index in [0.29, 0.717) is 22.2 Å². The Morgan fingerprint density at radius 1 is 1.16 bits per heavy atom. The molecule has 0 aliphatic heterocycles. The van der Waals surface area contributed by atoms with E-state index in [1.807, 2.05) is 32.9 Å². The molecule has 0 saturated heterocycles. The third-order valence-corrected chi connectivity index (χ3v) is 6.05. The zero-order chi connectivity index (χ0) is 21.8. The lowest BCUT2D eigenvalue weighted by Gasteiger charge is -2.16. The monoisotopic (exact) mass is 434 g/mol. The van der Waals surface area contributed by atoms with Crippen molar-refractivity contribution in [3.8, 4) is 0 Å². The Balaban J connectivity index is 1.52. The summed E-state index contributed by atoms with van der Waals surface area (Å²) < 4.78 is 7.00. The van der Waals surface area contributed by atoms with Crippen LogP contribution in [0.5, 0.6) is 0 Å². The molecule has 4 rings (SSSR count). The number of hydrogen-bond donors (Lipinski definition) is 1. The van der Waals surface area contributed by atoms with E-state index in [2.05, 4.69) is 25.5 Å². The summed E-state index contributed by atoms with van der Waals surface area (Å²) in [6.07, 6.45) is 6.84. The van der Waals surface area contributed by atoms with Crippen LogP contribution in [0.25, 0.3) is 0 Å². The predicted octanol–water partition coefficient (Wildman–Crippen LogP) is 4.43. The summed E-state index contributed by atoms with van der Waals surface area (Å²) in [7, 11) is 0. The van der Waals surface area contributed by atoms with E-state index >= 15 is 0 Å². The number of amides is 1. The Kier molecular flexibility index (Phi) is 6.13. The minimum absolute atomic E-state index is 0.0596. The third kappa shape index (κ3) is 4.51. The minimum atomic E-state index is -0.238. The largest absolute Gasteiger partial charge is 0.361 e. The molecule has 0 spiro atoms. The van der Waals surface area contributed by atoms with Crippen LogP contribution in [-0.2, 0) is 5.75 Å². The van der Waals surface area contributed by atoms with Gasteiger partial charge in [0, 0.05) is 36.0 Å². The maximum Gasteiger partial charge on any atom is 0.259 e. The number of carbonyl (C=O) groups excluding carboxylic acids is 1. The molecule has 4 heterocycles. The normalized spacial score (nSPS) is 12.0. The van der Waals surface area contributed by atoms with Gasteiger partial charge in [0.1, 0.15) is 16.6 Å². The Labute approximate surface area is 184 Å². The van der Waals surface area contributed by atoms with E-state index in [-0.39, 0.29) is 11.9 Å². The van der Waals surface area contributed by atoms with Gasteiger partial charge < -0.3 is 9.84 Å². The van der Waals surface area contributed by atoms with Crippen molar-refractivity contribution in [2.75, 3.05) is 5.32 Å². The molecule has 1 unspecified atom stereocenters. The molecule has 0 saturated carbocycles. The summed E-state index contributed by atoms with van der Waals surface area (Å²) in [6, 6.07) is 9.11. The second-order valence-electron chi connectivity index (χ2n) is 7.02. The summed E-state index contributed by atoms with van der Waals surface area (Å²) in [5.41, 5.74) is 3.42. The van der Waals surface area contributed by atoms with Crippen molar-refractivity contribution in [2.24, 2.45) is 0 Å². The highest BCUT2D eigenvalue weighted by molar-refractivity contribution is 7.98. The van der Waals surface area contributed by atoms with Crippen molar-refractivity contribution in [1.82, 2.24) is 24.9 Å². The van der Waals surface area contributed by atoms with Crippen LogP contribution in [0.2, 0.25) is 0 Å². The highest BCUT2D eigenvalue weighted by Gasteiger charge is 2.19. The van der Waals surface area contributed by atoms with Gasteiger partial charge >= 0.3 is 0 Å². The van der Waals surface area contributed by atoms with E-state index in [9.17, 15) is 4.79 Å². The van der Waals surface area contributed by atoms with E-state index in [4.69, 9.17) is 4.52 Å². The highest BCUT2D eigenvalue weighted by Crippen LogP contribution is 2.28. The van der Waals surface area contributed by atoms with Crippen LogP contribution in [0.1, 0.15) is 45.9 Å². The SMILES string of the molecule is Cc1noc(C)c1CSc1ncccc1C(=O)Nc1ccnn1C(C)c1ccncc1. The number of carbonyl (C=O) groups is 1. The van der Waals surface area contributed by atoms with Gasteiger partial charge in [0.15, 0.2) is 0 Å². The summed E-state index contributed by atoms with van der Waals surface area (Å²) in [4.78, 5) is 21.6. The molecule has 9 heteroatoms. The van der Waals surface area contributed by atoms with Crippen molar-refractivity contribution in [2.45, 2.75) is 37.6 Å². The fourth-order valence-corrected chi connectivity index (χ4v) is 4.36. The number of hydrogen-bond acceptors (Lipinski definition) is 7. The first kappa shape index (κ1) is 20.8. The average molecular weight is 435 g/mol. The zero-order valence-corrected chi connectivity index (χ0v) is 18.3. The fourth-order valence-electron chi connectivity index (χ4n) is 3.22. The molecule has 0 aromatic carbocycles. The molecule has 4 aromatic rings. The quantitative estimate of drug-likeness (QED) is 0.430. The van der Waals surface area contributed by atoms with Gasteiger partial charge in [-0.25, -0.2) is 9.67 Å². The molecule has 1 atom stereocenters. The first-order chi connectivity index (χ1) is 15.0. The van der Waals surface area contributed by atoms with Gasteiger partial charge in [0.25, 0.3) is 5.91 Å². The van der Waals surface area contributed by atoms with Crippen molar-refractivity contribution in [1.29, 1.82) is 0 Å². The smallest absolute Gasteiger partial charge is 0.259 e. The van der Waals surface area contributed by atoms with Crippen LogP contribution in [0.3, 0.4) is 0 Å². The molecule has 0 fully saturated rings. The second kappa shape index (κ2) is 9.13. The maximum absolute atomic E-state index is 13.1. The van der Waals surface area contributed by atoms with Crippen molar-refractivity contribution < 1.29 is 9.32 Å².